The van der Waals surface area contributed by atoms with Crippen molar-refractivity contribution in [2.45, 2.75) is 72.0 Å². The van der Waals surface area contributed by atoms with Crippen LogP contribution in [0.15, 0.2) is 48.5 Å². The van der Waals surface area contributed by atoms with Gasteiger partial charge < -0.3 is 10.2 Å². The van der Waals surface area contributed by atoms with Gasteiger partial charge in [-0.2, -0.15) is 0 Å². The zero-order valence-electron chi connectivity index (χ0n) is 21.8. The van der Waals surface area contributed by atoms with E-state index in [2.05, 4.69) is 5.32 Å². The van der Waals surface area contributed by atoms with E-state index in [1.807, 2.05) is 52.0 Å². The van der Waals surface area contributed by atoms with Crippen molar-refractivity contribution >= 4 is 27.5 Å². The molecule has 0 aliphatic carbocycles. The van der Waals surface area contributed by atoms with E-state index in [0.717, 1.165) is 28.1 Å². The molecule has 0 aliphatic rings. The third-order valence-corrected chi connectivity index (χ3v) is 7.28. The van der Waals surface area contributed by atoms with Crippen LogP contribution in [-0.2, 0) is 26.2 Å². The van der Waals surface area contributed by atoms with Crippen molar-refractivity contribution in [2.75, 3.05) is 17.1 Å². The summed E-state index contributed by atoms with van der Waals surface area (Å²) in [5, 5.41) is 2.97. The summed E-state index contributed by atoms with van der Waals surface area (Å²) in [7, 11) is -3.76. The highest BCUT2D eigenvalue weighted by Crippen LogP contribution is 2.22. The fourth-order valence-electron chi connectivity index (χ4n) is 4.00. The minimum Gasteiger partial charge on any atom is -0.352 e. The summed E-state index contributed by atoms with van der Waals surface area (Å²) in [6.07, 6.45) is 2.40. The van der Waals surface area contributed by atoms with Gasteiger partial charge in [0.25, 0.3) is 0 Å². The number of carbonyl (C=O) groups is 2. The van der Waals surface area contributed by atoms with Crippen molar-refractivity contribution in [2.24, 2.45) is 0 Å². The molecule has 2 aromatic rings. The number of rotatable bonds is 13. The molecule has 0 bridgehead atoms. The standard InChI is InChI=1S/C27H38FN3O4S/c1-6-21(4)29-27(33)24(7-2)30(19-22-13-10-12-20(3)18-22)26(32)16-11-17-31(36(5,34)35)25-15-9-8-14-23(25)28/h8-10,12-15,18,21,24H,6-7,11,16-17,19H2,1-5H3,(H,29,33)/t21-,24+/m1/s1. The summed E-state index contributed by atoms with van der Waals surface area (Å²) in [5.41, 5.74) is 1.90. The molecule has 1 N–H and O–H groups in total. The molecule has 198 valence electrons. The lowest BCUT2D eigenvalue weighted by atomic mass is 10.1. The maximum Gasteiger partial charge on any atom is 0.243 e. The molecule has 0 saturated heterocycles. The summed E-state index contributed by atoms with van der Waals surface area (Å²) in [5.74, 6) is -1.12. The Kier molecular flexibility index (Phi) is 10.9. The number of sulfonamides is 1. The van der Waals surface area contributed by atoms with Gasteiger partial charge in [-0.3, -0.25) is 13.9 Å². The van der Waals surface area contributed by atoms with Crippen LogP contribution in [0.3, 0.4) is 0 Å². The number of aryl methyl sites for hydroxylation is 1. The van der Waals surface area contributed by atoms with Crippen molar-refractivity contribution in [3.63, 3.8) is 0 Å². The van der Waals surface area contributed by atoms with E-state index in [0.29, 0.717) is 6.42 Å². The lowest BCUT2D eigenvalue weighted by Gasteiger charge is -2.32. The lowest BCUT2D eigenvalue weighted by molar-refractivity contribution is -0.141. The van der Waals surface area contributed by atoms with Crippen LogP contribution >= 0.6 is 0 Å². The van der Waals surface area contributed by atoms with Crippen LogP contribution < -0.4 is 9.62 Å². The van der Waals surface area contributed by atoms with Crippen LogP contribution in [0.2, 0.25) is 0 Å². The van der Waals surface area contributed by atoms with E-state index >= 15 is 0 Å². The van der Waals surface area contributed by atoms with Gasteiger partial charge in [-0.15, -0.1) is 0 Å². The molecule has 36 heavy (non-hydrogen) atoms. The van der Waals surface area contributed by atoms with Crippen LogP contribution in [-0.4, -0.2) is 50.0 Å². The predicted octanol–water partition coefficient (Wildman–Crippen LogP) is 4.40. The van der Waals surface area contributed by atoms with Gasteiger partial charge in [0.1, 0.15) is 11.9 Å². The first kappa shape index (κ1) is 29.3. The van der Waals surface area contributed by atoms with Gasteiger partial charge in [0.15, 0.2) is 0 Å². The molecule has 2 aromatic carbocycles. The second-order valence-electron chi connectivity index (χ2n) is 9.14. The van der Waals surface area contributed by atoms with Crippen molar-refractivity contribution in [1.29, 1.82) is 0 Å². The highest BCUT2D eigenvalue weighted by Gasteiger charge is 2.29. The smallest absolute Gasteiger partial charge is 0.243 e. The Balaban J connectivity index is 2.24. The number of amides is 2. The number of hydrogen-bond acceptors (Lipinski definition) is 4. The zero-order chi connectivity index (χ0) is 26.9. The van der Waals surface area contributed by atoms with Gasteiger partial charge in [0, 0.05) is 25.6 Å². The molecule has 7 nitrogen and oxygen atoms in total. The van der Waals surface area contributed by atoms with Crippen LogP contribution in [0.5, 0.6) is 0 Å². The summed E-state index contributed by atoms with van der Waals surface area (Å²) in [6, 6.07) is 12.7. The highest BCUT2D eigenvalue weighted by atomic mass is 32.2. The molecule has 0 saturated carbocycles. The van der Waals surface area contributed by atoms with Gasteiger partial charge in [0.2, 0.25) is 21.8 Å². The Bertz CT molecular complexity index is 1140. The third kappa shape index (κ3) is 8.33. The predicted molar refractivity (Wildman–Crippen MR) is 142 cm³/mol. The Morgan fingerprint density at radius 1 is 1.06 bits per heavy atom. The molecule has 0 aromatic heterocycles. The first-order valence-corrected chi connectivity index (χ1v) is 14.2. The SMILES string of the molecule is CC[C@@H](C)NC(=O)[C@H](CC)N(Cc1cccc(C)c1)C(=O)CCCN(c1ccccc1F)S(C)(=O)=O. The normalized spacial score (nSPS) is 13.1. The molecule has 2 atom stereocenters. The first-order chi connectivity index (χ1) is 17.0. The van der Waals surface area contributed by atoms with Gasteiger partial charge >= 0.3 is 0 Å². The summed E-state index contributed by atoms with van der Waals surface area (Å²) in [6.45, 7) is 7.92. The number of hydrogen-bond donors (Lipinski definition) is 1. The van der Waals surface area contributed by atoms with Crippen LogP contribution in [0.4, 0.5) is 10.1 Å². The van der Waals surface area contributed by atoms with E-state index in [1.54, 1.807) is 11.0 Å². The second kappa shape index (κ2) is 13.4. The minimum absolute atomic E-state index is 0.0133. The topological polar surface area (TPSA) is 86.8 Å². The van der Waals surface area contributed by atoms with Gasteiger partial charge in [-0.05, 0) is 50.8 Å². The third-order valence-electron chi connectivity index (χ3n) is 6.10. The molecule has 0 radical (unpaired) electrons. The van der Waals surface area contributed by atoms with Crippen LogP contribution in [0.25, 0.3) is 0 Å². The lowest BCUT2D eigenvalue weighted by Crippen LogP contribution is -2.50. The maximum atomic E-state index is 14.3. The van der Waals surface area contributed by atoms with Gasteiger partial charge in [-0.25, -0.2) is 12.8 Å². The van der Waals surface area contributed by atoms with E-state index < -0.39 is 21.9 Å². The Morgan fingerprint density at radius 2 is 1.75 bits per heavy atom. The molecule has 0 aliphatic heterocycles. The van der Waals surface area contributed by atoms with E-state index in [1.165, 1.54) is 18.2 Å². The molecule has 0 spiro atoms. The molecule has 2 amide bonds. The number of nitrogens with zero attached hydrogens (tertiary/aromatic N) is 2. The number of benzene rings is 2. The molecule has 0 fully saturated rings. The summed E-state index contributed by atoms with van der Waals surface area (Å²) >= 11 is 0. The monoisotopic (exact) mass is 519 g/mol. The van der Waals surface area contributed by atoms with Crippen LogP contribution in [0.1, 0.15) is 57.6 Å². The summed E-state index contributed by atoms with van der Waals surface area (Å²) < 4.78 is 40.0. The molecule has 2 rings (SSSR count). The van der Waals surface area contributed by atoms with E-state index in [-0.39, 0.29) is 49.5 Å². The fraction of sp³-hybridized carbons (Fsp3) is 0.481. The number of halogens is 1. The molecule has 9 heteroatoms. The quantitative estimate of drug-likeness (QED) is 0.425. The Labute approximate surface area is 214 Å². The van der Waals surface area contributed by atoms with Crippen molar-refractivity contribution in [3.8, 4) is 0 Å². The second-order valence-corrected chi connectivity index (χ2v) is 11.0. The maximum absolute atomic E-state index is 14.3. The first-order valence-electron chi connectivity index (χ1n) is 12.4. The van der Waals surface area contributed by atoms with Crippen molar-refractivity contribution in [1.82, 2.24) is 10.2 Å². The van der Waals surface area contributed by atoms with Crippen LogP contribution in [0, 0.1) is 12.7 Å². The highest BCUT2D eigenvalue weighted by molar-refractivity contribution is 7.92. The number of para-hydroxylation sites is 1. The number of carbonyl (C=O) groups excluding carboxylic acids is 2. The molecular formula is C27H38FN3O4S. The largest absolute Gasteiger partial charge is 0.352 e. The van der Waals surface area contributed by atoms with Crippen molar-refractivity contribution in [3.05, 3.63) is 65.5 Å². The van der Waals surface area contributed by atoms with E-state index in [9.17, 15) is 22.4 Å². The van der Waals surface area contributed by atoms with Gasteiger partial charge in [-0.1, -0.05) is 55.8 Å². The molecule has 0 heterocycles. The fourth-order valence-corrected chi connectivity index (χ4v) is 4.97. The summed E-state index contributed by atoms with van der Waals surface area (Å²) in [4.78, 5) is 28.0. The average molecular weight is 520 g/mol. The van der Waals surface area contributed by atoms with Crippen molar-refractivity contribution < 1.29 is 22.4 Å². The number of nitrogens with one attached hydrogen (secondary N) is 1. The Morgan fingerprint density at radius 3 is 2.33 bits per heavy atom. The average Bonchev–Trinajstić information content (AvgIpc) is 2.81. The number of anilines is 1. The Hall–Kier alpha value is -2.94. The molecular weight excluding hydrogens is 481 g/mol. The zero-order valence-corrected chi connectivity index (χ0v) is 22.6. The molecule has 0 unspecified atom stereocenters. The minimum atomic E-state index is -3.76. The van der Waals surface area contributed by atoms with Gasteiger partial charge in [0.05, 0.1) is 11.9 Å². The van der Waals surface area contributed by atoms with E-state index in [4.69, 9.17) is 0 Å².